The maximum absolute atomic E-state index is 12.3. The second-order valence-corrected chi connectivity index (χ2v) is 9.42. The van der Waals surface area contributed by atoms with Crippen molar-refractivity contribution in [2.75, 3.05) is 24.6 Å². The molecule has 0 aromatic rings. The molecule has 2 saturated heterocycles. The fraction of sp³-hybridized carbons (Fsp3) is 0.938. The number of carbonyl (C=O) groups excluding carboxylic acids is 1. The molecule has 1 N–H and O–H groups in total. The predicted octanol–water partition coefficient (Wildman–Crippen LogP) is 1.33. The molecule has 22 heavy (non-hydrogen) atoms. The summed E-state index contributed by atoms with van der Waals surface area (Å²) < 4.78 is 24.0. The summed E-state index contributed by atoms with van der Waals surface area (Å²) in [6.45, 7) is 1.93. The molecule has 5 nitrogen and oxygen atoms in total. The number of hydrogen-bond donors (Lipinski definition) is 1. The third-order valence-electron chi connectivity index (χ3n) is 5.48. The van der Waals surface area contributed by atoms with Crippen molar-refractivity contribution < 1.29 is 13.2 Å². The van der Waals surface area contributed by atoms with Crippen molar-refractivity contribution in [3.05, 3.63) is 0 Å². The molecule has 0 unspecified atom stereocenters. The lowest BCUT2D eigenvalue weighted by Crippen LogP contribution is -2.50. The zero-order valence-corrected chi connectivity index (χ0v) is 14.1. The average Bonchev–Trinajstić information content (AvgIpc) is 3.07. The van der Waals surface area contributed by atoms with Crippen LogP contribution in [0, 0.1) is 5.92 Å². The molecule has 0 radical (unpaired) electrons. The van der Waals surface area contributed by atoms with Gasteiger partial charge < -0.3 is 5.32 Å². The lowest BCUT2D eigenvalue weighted by atomic mass is 9.87. The van der Waals surface area contributed by atoms with Crippen molar-refractivity contribution in [3.8, 4) is 0 Å². The zero-order chi connectivity index (χ0) is 15.6. The number of carbonyl (C=O) groups is 1. The van der Waals surface area contributed by atoms with E-state index in [-0.39, 0.29) is 29.5 Å². The lowest BCUT2D eigenvalue weighted by Gasteiger charge is -2.29. The number of nitrogens with zero attached hydrogens (tertiary/aromatic N) is 1. The number of hydrogen-bond acceptors (Lipinski definition) is 4. The highest BCUT2D eigenvalue weighted by molar-refractivity contribution is 7.91. The molecule has 126 valence electrons. The number of rotatable bonds is 4. The zero-order valence-electron chi connectivity index (χ0n) is 13.3. The molecule has 0 spiro atoms. The van der Waals surface area contributed by atoms with E-state index in [0.717, 1.165) is 38.8 Å². The molecule has 2 atom stereocenters. The van der Waals surface area contributed by atoms with Gasteiger partial charge in [-0.05, 0) is 44.7 Å². The molecule has 0 aromatic carbocycles. The van der Waals surface area contributed by atoms with Gasteiger partial charge in [-0.1, -0.05) is 19.3 Å². The molecule has 0 aromatic heterocycles. The van der Waals surface area contributed by atoms with Crippen molar-refractivity contribution >= 4 is 15.7 Å². The largest absolute Gasteiger partial charge is 0.351 e. The fourth-order valence-corrected chi connectivity index (χ4v) is 6.27. The summed E-state index contributed by atoms with van der Waals surface area (Å²) in [7, 11) is -3.02. The highest BCUT2D eigenvalue weighted by atomic mass is 32.2. The molecule has 6 heteroatoms. The molecule has 3 aliphatic rings. The molecule has 2 heterocycles. The van der Waals surface area contributed by atoms with Crippen LogP contribution >= 0.6 is 0 Å². The van der Waals surface area contributed by atoms with Gasteiger partial charge in [0.1, 0.15) is 0 Å². The summed E-state index contributed by atoms with van der Waals surface area (Å²) >= 11 is 0. The van der Waals surface area contributed by atoms with E-state index < -0.39 is 9.84 Å². The maximum atomic E-state index is 12.3. The SMILES string of the molecule is O=C(CC1CCCCC1)N[C@H]1CS(=O)(=O)C[C@@H]1N1CCCC1. The van der Waals surface area contributed by atoms with Crippen LogP contribution in [0.2, 0.25) is 0 Å². The normalized spacial score (nSPS) is 33.1. The molecule has 3 fully saturated rings. The quantitative estimate of drug-likeness (QED) is 0.845. The van der Waals surface area contributed by atoms with E-state index in [1.165, 1.54) is 19.3 Å². The van der Waals surface area contributed by atoms with Crippen LogP contribution < -0.4 is 5.32 Å². The summed E-state index contributed by atoms with van der Waals surface area (Å²) in [6.07, 6.45) is 8.88. The number of likely N-dealkylation sites (tertiary alicyclic amines) is 1. The molecule has 3 rings (SSSR count). The Balaban J connectivity index is 1.57. The Hall–Kier alpha value is -0.620. The number of amides is 1. The number of nitrogens with one attached hydrogen (secondary N) is 1. The van der Waals surface area contributed by atoms with Crippen molar-refractivity contribution in [2.24, 2.45) is 5.92 Å². The molecule has 1 aliphatic carbocycles. The van der Waals surface area contributed by atoms with Crippen molar-refractivity contribution in [1.82, 2.24) is 10.2 Å². The first-order chi connectivity index (χ1) is 10.5. The van der Waals surface area contributed by atoms with Gasteiger partial charge in [-0.25, -0.2) is 8.42 Å². The third kappa shape index (κ3) is 4.02. The van der Waals surface area contributed by atoms with Crippen LogP contribution in [0.5, 0.6) is 0 Å². The molecular formula is C16H28N2O3S. The Labute approximate surface area is 133 Å². The van der Waals surface area contributed by atoms with Crippen LogP contribution in [0.4, 0.5) is 0 Å². The Bertz CT molecular complexity index is 494. The topological polar surface area (TPSA) is 66.5 Å². The van der Waals surface area contributed by atoms with Crippen LogP contribution in [-0.2, 0) is 14.6 Å². The van der Waals surface area contributed by atoms with Gasteiger partial charge in [0.2, 0.25) is 5.91 Å². The van der Waals surface area contributed by atoms with E-state index in [2.05, 4.69) is 10.2 Å². The van der Waals surface area contributed by atoms with Gasteiger partial charge in [-0.15, -0.1) is 0 Å². The lowest BCUT2D eigenvalue weighted by molar-refractivity contribution is -0.123. The van der Waals surface area contributed by atoms with Crippen LogP contribution in [0.3, 0.4) is 0 Å². The van der Waals surface area contributed by atoms with Crippen LogP contribution in [0.25, 0.3) is 0 Å². The van der Waals surface area contributed by atoms with Gasteiger partial charge in [0.05, 0.1) is 17.5 Å². The van der Waals surface area contributed by atoms with Gasteiger partial charge in [0.15, 0.2) is 9.84 Å². The highest BCUT2D eigenvalue weighted by Crippen LogP contribution is 2.27. The third-order valence-corrected chi connectivity index (χ3v) is 7.19. The standard InChI is InChI=1S/C16H28N2O3S/c19-16(10-13-6-2-1-3-7-13)17-14-11-22(20,21)12-15(14)18-8-4-5-9-18/h13-15H,1-12H2,(H,17,19)/t14-,15-/m0/s1. The summed E-state index contributed by atoms with van der Waals surface area (Å²) in [4.78, 5) is 14.6. The first-order valence-corrected chi connectivity index (χ1v) is 10.6. The fourth-order valence-electron chi connectivity index (χ4n) is 4.32. The minimum atomic E-state index is -3.02. The maximum Gasteiger partial charge on any atom is 0.220 e. The highest BCUT2D eigenvalue weighted by Gasteiger charge is 2.42. The molecule has 2 aliphatic heterocycles. The summed E-state index contributed by atoms with van der Waals surface area (Å²) in [5.41, 5.74) is 0. The first kappa shape index (κ1) is 16.2. The van der Waals surface area contributed by atoms with Crippen LogP contribution in [0.15, 0.2) is 0 Å². The Morgan fingerprint density at radius 2 is 1.68 bits per heavy atom. The second kappa shape index (κ2) is 6.87. The van der Waals surface area contributed by atoms with Gasteiger partial charge in [0.25, 0.3) is 0 Å². The molecular weight excluding hydrogens is 300 g/mol. The van der Waals surface area contributed by atoms with E-state index in [4.69, 9.17) is 0 Å². The van der Waals surface area contributed by atoms with Crippen molar-refractivity contribution in [3.63, 3.8) is 0 Å². The Morgan fingerprint density at radius 3 is 2.36 bits per heavy atom. The van der Waals surface area contributed by atoms with Gasteiger partial charge in [-0.2, -0.15) is 0 Å². The number of sulfone groups is 1. The van der Waals surface area contributed by atoms with Gasteiger partial charge in [0, 0.05) is 12.5 Å². The predicted molar refractivity (Wildman–Crippen MR) is 86.4 cm³/mol. The minimum absolute atomic E-state index is 0.0113. The van der Waals surface area contributed by atoms with E-state index in [9.17, 15) is 13.2 Å². The average molecular weight is 328 g/mol. The van der Waals surface area contributed by atoms with E-state index in [0.29, 0.717) is 12.3 Å². The second-order valence-electron chi connectivity index (χ2n) is 7.27. The van der Waals surface area contributed by atoms with E-state index >= 15 is 0 Å². The van der Waals surface area contributed by atoms with E-state index in [1.54, 1.807) is 0 Å². The molecule has 1 amide bonds. The Kier molecular flexibility index (Phi) is 5.07. The molecule has 0 bridgehead atoms. The summed E-state index contributed by atoms with van der Waals surface area (Å²) in [5, 5.41) is 3.05. The first-order valence-electron chi connectivity index (χ1n) is 8.77. The summed E-state index contributed by atoms with van der Waals surface area (Å²) in [6, 6.07) is -0.220. The van der Waals surface area contributed by atoms with Gasteiger partial charge >= 0.3 is 0 Å². The monoisotopic (exact) mass is 328 g/mol. The summed E-state index contributed by atoms with van der Waals surface area (Å²) in [5.74, 6) is 0.876. The van der Waals surface area contributed by atoms with Gasteiger partial charge in [-0.3, -0.25) is 9.69 Å². The van der Waals surface area contributed by atoms with Crippen LogP contribution in [-0.4, -0.2) is 55.9 Å². The minimum Gasteiger partial charge on any atom is -0.351 e. The van der Waals surface area contributed by atoms with Crippen molar-refractivity contribution in [2.45, 2.75) is 63.5 Å². The van der Waals surface area contributed by atoms with Crippen LogP contribution in [0.1, 0.15) is 51.4 Å². The van der Waals surface area contributed by atoms with E-state index in [1.807, 2.05) is 0 Å². The van der Waals surface area contributed by atoms with Crippen molar-refractivity contribution in [1.29, 1.82) is 0 Å². The molecule has 1 saturated carbocycles. The Morgan fingerprint density at radius 1 is 1.00 bits per heavy atom. The smallest absolute Gasteiger partial charge is 0.220 e.